The molecule has 0 spiro atoms. The van der Waals surface area contributed by atoms with Crippen molar-refractivity contribution >= 4 is 51.3 Å². The van der Waals surface area contributed by atoms with E-state index in [2.05, 4.69) is 24.8 Å². The Hall–Kier alpha value is -0.470. The zero-order valence-corrected chi connectivity index (χ0v) is 19.4. The quantitative estimate of drug-likeness (QED) is 0.244. The molecular weight excluding hydrogens is 501 g/mol. The molecule has 1 aromatic heterocycles. The van der Waals surface area contributed by atoms with Gasteiger partial charge in [0, 0.05) is 52.4 Å². The molecule has 2 aliphatic heterocycles. The third kappa shape index (κ3) is 6.26. The normalized spacial score (nSPS) is 21.9. The number of morpholine rings is 1. The number of guanidine groups is 1. The molecule has 0 bridgehead atoms. The van der Waals surface area contributed by atoms with E-state index in [9.17, 15) is 8.42 Å². The van der Waals surface area contributed by atoms with Crippen molar-refractivity contribution in [2.45, 2.75) is 16.7 Å². The van der Waals surface area contributed by atoms with Crippen molar-refractivity contribution in [2.75, 3.05) is 59.5 Å². The summed E-state index contributed by atoms with van der Waals surface area (Å²) < 4.78 is 32.6. The lowest BCUT2D eigenvalue weighted by Gasteiger charge is -2.32. The van der Waals surface area contributed by atoms with Gasteiger partial charge in [-0.05, 0) is 17.9 Å². The van der Waals surface area contributed by atoms with Crippen LogP contribution in [-0.2, 0) is 14.8 Å². The van der Waals surface area contributed by atoms with Crippen LogP contribution < -0.4 is 10.0 Å². The number of hydrogen-bond donors (Lipinski definition) is 2. The predicted molar refractivity (Wildman–Crippen MR) is 119 cm³/mol. The first-order valence-electron chi connectivity index (χ1n) is 8.91. The maximum Gasteiger partial charge on any atom is 0.250 e. The molecular formula is C16H28IN5O3S2. The molecule has 0 aromatic carbocycles. The van der Waals surface area contributed by atoms with E-state index in [1.165, 1.54) is 11.3 Å². The maximum atomic E-state index is 12.1. The molecule has 1 aromatic rings. The number of likely N-dealkylation sites (tertiary alicyclic amines) is 1. The number of sulfonamides is 1. The highest BCUT2D eigenvalue weighted by Gasteiger charge is 2.30. The van der Waals surface area contributed by atoms with Gasteiger partial charge in [-0.25, -0.2) is 13.1 Å². The summed E-state index contributed by atoms with van der Waals surface area (Å²) in [5, 5.41) is 5.02. The lowest BCUT2D eigenvalue weighted by Crippen LogP contribution is -2.47. The third-order valence-corrected chi connectivity index (χ3v) is 7.56. The molecule has 0 aliphatic carbocycles. The number of hydrogen-bond acceptors (Lipinski definition) is 6. The summed E-state index contributed by atoms with van der Waals surface area (Å²) >= 11 is 1.22. The van der Waals surface area contributed by atoms with Crippen molar-refractivity contribution in [1.82, 2.24) is 19.8 Å². The van der Waals surface area contributed by atoms with E-state index in [1.807, 2.05) is 0 Å². The fourth-order valence-corrected chi connectivity index (χ4v) is 5.42. The topological polar surface area (TPSA) is 86.3 Å². The second-order valence-corrected chi connectivity index (χ2v) is 9.28. The number of rotatable bonds is 6. The summed E-state index contributed by atoms with van der Waals surface area (Å²) in [6.45, 7) is 6.34. The van der Waals surface area contributed by atoms with E-state index in [-0.39, 0.29) is 24.0 Å². The van der Waals surface area contributed by atoms with Crippen LogP contribution in [0.5, 0.6) is 0 Å². The highest BCUT2D eigenvalue weighted by molar-refractivity contribution is 14.0. The third-order valence-electron chi connectivity index (χ3n) is 4.70. The van der Waals surface area contributed by atoms with Crippen LogP contribution in [0.1, 0.15) is 6.42 Å². The van der Waals surface area contributed by atoms with Crippen LogP contribution in [0.25, 0.3) is 0 Å². The number of halogens is 1. The van der Waals surface area contributed by atoms with Gasteiger partial charge in [0.25, 0.3) is 0 Å². The van der Waals surface area contributed by atoms with Gasteiger partial charge in [0.15, 0.2) is 5.96 Å². The Morgan fingerprint density at radius 1 is 1.33 bits per heavy atom. The van der Waals surface area contributed by atoms with Gasteiger partial charge in [0.05, 0.1) is 13.2 Å². The van der Waals surface area contributed by atoms with Gasteiger partial charge >= 0.3 is 0 Å². The molecule has 2 fully saturated rings. The van der Waals surface area contributed by atoms with Crippen LogP contribution in [0.3, 0.4) is 0 Å². The van der Waals surface area contributed by atoms with E-state index >= 15 is 0 Å². The highest BCUT2D eigenvalue weighted by Crippen LogP contribution is 2.17. The summed E-state index contributed by atoms with van der Waals surface area (Å²) in [5.74, 6) is 0.830. The SMILES string of the molecule is CN=C(NCCNS(=O)(=O)c1cccs1)N1CCC(N2CCOCC2)C1.I. The van der Waals surface area contributed by atoms with Gasteiger partial charge in [-0.15, -0.1) is 35.3 Å². The zero-order valence-electron chi connectivity index (χ0n) is 15.5. The van der Waals surface area contributed by atoms with Crippen molar-refractivity contribution < 1.29 is 13.2 Å². The second-order valence-electron chi connectivity index (χ2n) is 6.34. The van der Waals surface area contributed by atoms with Gasteiger partial charge in [0.1, 0.15) is 4.21 Å². The average Bonchev–Trinajstić information content (AvgIpc) is 3.35. The predicted octanol–water partition coefficient (Wildman–Crippen LogP) is 0.626. The van der Waals surface area contributed by atoms with Gasteiger partial charge in [0.2, 0.25) is 10.0 Å². The molecule has 0 saturated carbocycles. The van der Waals surface area contributed by atoms with Crippen molar-refractivity contribution in [3.63, 3.8) is 0 Å². The highest BCUT2D eigenvalue weighted by atomic mass is 127. The molecule has 3 rings (SSSR count). The van der Waals surface area contributed by atoms with Crippen molar-refractivity contribution in [3.05, 3.63) is 17.5 Å². The molecule has 2 N–H and O–H groups in total. The van der Waals surface area contributed by atoms with E-state index in [4.69, 9.17) is 4.74 Å². The fourth-order valence-electron chi connectivity index (χ4n) is 3.35. The fraction of sp³-hybridized carbons (Fsp3) is 0.688. The second kappa shape index (κ2) is 10.9. The van der Waals surface area contributed by atoms with Gasteiger partial charge < -0.3 is 15.0 Å². The number of nitrogens with zero attached hydrogens (tertiary/aromatic N) is 3. The number of nitrogens with one attached hydrogen (secondary N) is 2. The first-order valence-corrected chi connectivity index (χ1v) is 11.3. The Bertz CT molecular complexity index is 693. The lowest BCUT2D eigenvalue weighted by atomic mass is 10.2. The lowest BCUT2D eigenvalue weighted by molar-refractivity contribution is 0.0195. The molecule has 2 saturated heterocycles. The molecule has 3 heterocycles. The molecule has 0 amide bonds. The zero-order chi connectivity index (χ0) is 18.4. The minimum absolute atomic E-state index is 0. The summed E-state index contributed by atoms with van der Waals surface area (Å²) in [7, 11) is -1.64. The van der Waals surface area contributed by atoms with Crippen LogP contribution in [0.2, 0.25) is 0 Å². The standard InChI is InChI=1S/C16H27N5O3S2.HI/c1-17-16(18-5-6-19-26(22,23)15-3-2-12-25-15)21-7-4-14(13-21)20-8-10-24-11-9-20;/h2-3,12,14,19H,4-11,13H2,1H3,(H,17,18);1H. The van der Waals surface area contributed by atoms with Crippen LogP contribution in [-0.4, -0.2) is 89.7 Å². The molecule has 0 radical (unpaired) electrons. The van der Waals surface area contributed by atoms with Crippen LogP contribution in [0.4, 0.5) is 0 Å². The first-order chi connectivity index (χ1) is 12.6. The van der Waals surface area contributed by atoms with Crippen LogP contribution in [0.15, 0.2) is 26.7 Å². The minimum Gasteiger partial charge on any atom is -0.379 e. The minimum atomic E-state index is -3.41. The molecule has 8 nitrogen and oxygen atoms in total. The monoisotopic (exact) mass is 529 g/mol. The van der Waals surface area contributed by atoms with E-state index in [0.29, 0.717) is 23.3 Å². The summed E-state index contributed by atoms with van der Waals surface area (Å²) in [4.78, 5) is 9.08. The average molecular weight is 529 g/mol. The largest absolute Gasteiger partial charge is 0.379 e. The molecule has 1 unspecified atom stereocenters. The van der Waals surface area contributed by atoms with Gasteiger partial charge in [-0.2, -0.15) is 0 Å². The van der Waals surface area contributed by atoms with Crippen molar-refractivity contribution in [2.24, 2.45) is 4.99 Å². The van der Waals surface area contributed by atoms with E-state index < -0.39 is 10.0 Å². The van der Waals surface area contributed by atoms with Crippen molar-refractivity contribution in [1.29, 1.82) is 0 Å². The maximum absolute atomic E-state index is 12.1. The first kappa shape index (κ1) is 22.8. The summed E-state index contributed by atoms with van der Waals surface area (Å²) in [5.41, 5.74) is 0. The number of ether oxygens (including phenoxy) is 1. The number of aliphatic imine (C=N–C) groups is 1. The molecule has 154 valence electrons. The summed E-state index contributed by atoms with van der Waals surface area (Å²) in [6, 6.07) is 3.88. The van der Waals surface area contributed by atoms with Crippen molar-refractivity contribution in [3.8, 4) is 0 Å². The molecule has 27 heavy (non-hydrogen) atoms. The Labute approximate surface area is 182 Å². The smallest absolute Gasteiger partial charge is 0.250 e. The Morgan fingerprint density at radius 2 is 2.11 bits per heavy atom. The Morgan fingerprint density at radius 3 is 2.78 bits per heavy atom. The van der Waals surface area contributed by atoms with Gasteiger partial charge in [-0.3, -0.25) is 9.89 Å². The van der Waals surface area contributed by atoms with Gasteiger partial charge in [-0.1, -0.05) is 6.07 Å². The number of thiophene rings is 1. The van der Waals surface area contributed by atoms with Crippen LogP contribution in [0, 0.1) is 0 Å². The molecule has 2 aliphatic rings. The molecule has 11 heteroatoms. The Balaban J connectivity index is 0.00000261. The van der Waals surface area contributed by atoms with E-state index in [0.717, 1.165) is 51.8 Å². The Kier molecular flexibility index (Phi) is 9.22. The summed E-state index contributed by atoms with van der Waals surface area (Å²) in [6.07, 6.45) is 1.12. The van der Waals surface area contributed by atoms with E-state index in [1.54, 1.807) is 24.6 Å². The van der Waals surface area contributed by atoms with Crippen LogP contribution >= 0.6 is 35.3 Å². The molecule has 1 atom stereocenters.